The summed E-state index contributed by atoms with van der Waals surface area (Å²) in [6.45, 7) is -0.0429. The number of tetrazole rings is 1. The Morgan fingerprint density at radius 2 is 1.71 bits per heavy atom. The number of pyridine rings is 1. The highest BCUT2D eigenvalue weighted by atomic mass is 19.3. The molecule has 4 aromatic rings. The summed E-state index contributed by atoms with van der Waals surface area (Å²) in [4.78, 5) is 18.1. The summed E-state index contributed by atoms with van der Waals surface area (Å²) in [5.41, 5.74) is -4.24. The van der Waals surface area contributed by atoms with Crippen LogP contribution >= 0.6 is 0 Å². The minimum Gasteiger partial charge on any atom is -0.377 e. The lowest BCUT2D eigenvalue weighted by Gasteiger charge is -2.35. The van der Waals surface area contributed by atoms with Gasteiger partial charge >= 0.3 is 5.92 Å². The van der Waals surface area contributed by atoms with Crippen LogP contribution in [-0.4, -0.2) is 54.2 Å². The molecule has 13 heteroatoms. The molecule has 1 atom stereocenters. The SMILES string of the molecule is O=C(c1ccc(F)cc1)N1CCC(C#Cc2ccc(C(F)(F)C(O)(Cn3cnnn3)c3ccc(F)cc3F)nc2)CC1. The number of carbonyl (C=O) groups is 1. The lowest BCUT2D eigenvalue weighted by atomic mass is 9.84. The van der Waals surface area contributed by atoms with Crippen molar-refractivity contribution in [2.75, 3.05) is 13.1 Å². The molecule has 1 unspecified atom stereocenters. The Bertz CT molecular complexity index is 1610. The number of halogens is 5. The summed E-state index contributed by atoms with van der Waals surface area (Å²) in [7, 11) is 0. The van der Waals surface area contributed by atoms with Gasteiger partial charge in [-0.1, -0.05) is 11.8 Å². The first-order valence-electron chi connectivity index (χ1n) is 12.9. The van der Waals surface area contributed by atoms with Gasteiger partial charge in [0.15, 0.2) is 5.60 Å². The Balaban J connectivity index is 1.30. The zero-order valence-corrected chi connectivity index (χ0v) is 21.9. The van der Waals surface area contributed by atoms with Crippen LogP contribution < -0.4 is 0 Å². The van der Waals surface area contributed by atoms with Crippen LogP contribution in [0.25, 0.3) is 0 Å². The van der Waals surface area contributed by atoms with Crippen LogP contribution in [0.5, 0.6) is 0 Å². The average molecular weight is 583 g/mol. The molecule has 1 N–H and O–H groups in total. The van der Waals surface area contributed by atoms with Crippen LogP contribution in [0.15, 0.2) is 67.1 Å². The normalized spacial score (nSPS) is 15.5. The van der Waals surface area contributed by atoms with Gasteiger partial charge in [0.25, 0.3) is 5.91 Å². The van der Waals surface area contributed by atoms with Gasteiger partial charge in [0.2, 0.25) is 0 Å². The highest BCUT2D eigenvalue weighted by Crippen LogP contribution is 2.46. The number of nitrogens with zero attached hydrogens (tertiary/aromatic N) is 6. The van der Waals surface area contributed by atoms with Crippen LogP contribution in [-0.2, 0) is 18.1 Å². The molecule has 1 amide bonds. The number of benzene rings is 2. The predicted octanol–water partition coefficient (Wildman–Crippen LogP) is 4.07. The van der Waals surface area contributed by atoms with E-state index in [1.165, 1.54) is 30.3 Å². The number of likely N-dealkylation sites (tertiary alicyclic amines) is 1. The van der Waals surface area contributed by atoms with E-state index < -0.39 is 46.8 Å². The maximum Gasteiger partial charge on any atom is 0.323 e. The second kappa shape index (κ2) is 11.7. The minimum atomic E-state index is -4.17. The number of aliphatic hydroxyl groups is 1. The smallest absolute Gasteiger partial charge is 0.323 e. The van der Waals surface area contributed by atoms with E-state index in [4.69, 9.17) is 0 Å². The van der Waals surface area contributed by atoms with Crippen molar-refractivity contribution in [3.05, 3.63) is 107 Å². The Kier molecular flexibility index (Phi) is 8.00. The van der Waals surface area contributed by atoms with Crippen LogP contribution in [0, 0.1) is 35.2 Å². The summed E-state index contributed by atoms with van der Waals surface area (Å²) >= 11 is 0. The van der Waals surface area contributed by atoms with Crippen LogP contribution in [0.2, 0.25) is 0 Å². The topological polar surface area (TPSA) is 97.0 Å². The average Bonchev–Trinajstić information content (AvgIpc) is 3.49. The summed E-state index contributed by atoms with van der Waals surface area (Å²) in [6.07, 6.45) is 3.27. The van der Waals surface area contributed by atoms with Crippen molar-refractivity contribution >= 4 is 5.91 Å². The first-order valence-corrected chi connectivity index (χ1v) is 12.9. The summed E-state index contributed by atoms with van der Waals surface area (Å²) in [6, 6.07) is 9.50. The number of rotatable bonds is 6. The van der Waals surface area contributed by atoms with Crippen LogP contribution in [0.4, 0.5) is 22.0 Å². The van der Waals surface area contributed by atoms with Crippen molar-refractivity contribution in [1.82, 2.24) is 30.1 Å². The number of piperidine rings is 1. The van der Waals surface area contributed by atoms with E-state index in [1.807, 2.05) is 0 Å². The van der Waals surface area contributed by atoms with Crippen LogP contribution in [0.3, 0.4) is 0 Å². The fourth-order valence-electron chi connectivity index (χ4n) is 4.72. The molecule has 1 saturated heterocycles. The fraction of sp³-hybridized carbons (Fsp3) is 0.276. The molecule has 0 bridgehead atoms. The molecule has 1 aliphatic heterocycles. The van der Waals surface area contributed by atoms with Gasteiger partial charge in [-0.3, -0.25) is 9.78 Å². The molecule has 2 aromatic carbocycles. The Morgan fingerprint density at radius 1 is 1.00 bits per heavy atom. The van der Waals surface area contributed by atoms with E-state index in [9.17, 15) is 23.1 Å². The van der Waals surface area contributed by atoms with E-state index in [1.54, 1.807) is 4.90 Å². The number of amides is 1. The van der Waals surface area contributed by atoms with Crippen molar-refractivity contribution in [1.29, 1.82) is 0 Å². The van der Waals surface area contributed by atoms with Crippen molar-refractivity contribution in [3.63, 3.8) is 0 Å². The van der Waals surface area contributed by atoms with E-state index in [2.05, 4.69) is 32.4 Å². The molecule has 0 spiro atoms. The van der Waals surface area contributed by atoms with E-state index in [-0.39, 0.29) is 11.8 Å². The monoisotopic (exact) mass is 582 g/mol. The molecule has 5 rings (SSSR count). The van der Waals surface area contributed by atoms with E-state index in [0.29, 0.717) is 43.1 Å². The Hall–Kier alpha value is -4.70. The first-order chi connectivity index (χ1) is 20.1. The quantitative estimate of drug-likeness (QED) is 0.272. The predicted molar refractivity (Wildman–Crippen MR) is 138 cm³/mol. The number of aromatic nitrogens is 5. The first kappa shape index (κ1) is 28.8. The third-order valence-electron chi connectivity index (χ3n) is 7.06. The summed E-state index contributed by atoms with van der Waals surface area (Å²) < 4.78 is 73.9. The van der Waals surface area contributed by atoms with Crippen molar-refractivity contribution < 1.29 is 31.9 Å². The lowest BCUT2D eigenvalue weighted by molar-refractivity contribution is -0.207. The fourth-order valence-corrected chi connectivity index (χ4v) is 4.72. The van der Waals surface area contributed by atoms with Gasteiger partial charge in [0, 0.05) is 48.0 Å². The van der Waals surface area contributed by atoms with Gasteiger partial charge in [0.1, 0.15) is 29.5 Å². The summed E-state index contributed by atoms with van der Waals surface area (Å²) in [5.74, 6) is -1.24. The van der Waals surface area contributed by atoms with Crippen molar-refractivity contribution in [3.8, 4) is 11.8 Å². The van der Waals surface area contributed by atoms with Gasteiger partial charge in [-0.05, 0) is 71.8 Å². The number of carbonyl (C=O) groups excluding carboxylic acids is 1. The maximum absolute atomic E-state index is 15.9. The Labute approximate surface area is 236 Å². The van der Waals surface area contributed by atoms with Gasteiger partial charge in [-0.25, -0.2) is 17.9 Å². The van der Waals surface area contributed by atoms with Gasteiger partial charge < -0.3 is 10.0 Å². The van der Waals surface area contributed by atoms with Crippen molar-refractivity contribution in [2.45, 2.75) is 30.9 Å². The van der Waals surface area contributed by atoms with Crippen LogP contribution in [0.1, 0.15) is 40.0 Å². The highest BCUT2D eigenvalue weighted by Gasteiger charge is 2.58. The zero-order chi connectivity index (χ0) is 29.9. The largest absolute Gasteiger partial charge is 0.377 e. The molecular formula is C29H23F5N6O2. The van der Waals surface area contributed by atoms with E-state index >= 15 is 8.78 Å². The van der Waals surface area contributed by atoms with Gasteiger partial charge in [-0.15, -0.1) is 5.10 Å². The van der Waals surface area contributed by atoms with Gasteiger partial charge in [0.05, 0.1) is 6.54 Å². The standard InChI is InChI=1S/C29H23F5N6O2/c30-22-6-4-21(5-7-22)27(41)39-13-11-19(12-14-39)1-2-20-3-10-26(35-16-20)29(33,34)28(42,17-40-18-36-37-38-40)24-9-8-23(31)15-25(24)32/h3-10,15-16,18-19,42H,11-14,17H2. The van der Waals surface area contributed by atoms with E-state index in [0.717, 1.165) is 35.4 Å². The minimum absolute atomic E-state index is 0.0498. The molecule has 1 fully saturated rings. The number of hydrogen-bond donors (Lipinski definition) is 1. The second-order valence-electron chi connectivity index (χ2n) is 9.84. The molecule has 0 radical (unpaired) electrons. The molecule has 0 saturated carbocycles. The molecule has 42 heavy (non-hydrogen) atoms. The summed E-state index contributed by atoms with van der Waals surface area (Å²) in [5, 5.41) is 21.4. The molecule has 2 aromatic heterocycles. The third kappa shape index (κ3) is 5.84. The van der Waals surface area contributed by atoms with Crippen molar-refractivity contribution in [2.24, 2.45) is 5.92 Å². The number of hydrogen-bond acceptors (Lipinski definition) is 6. The molecule has 3 heterocycles. The molecular weight excluding hydrogens is 559 g/mol. The maximum atomic E-state index is 15.9. The molecule has 0 aliphatic carbocycles. The lowest BCUT2D eigenvalue weighted by Crippen LogP contribution is -2.48. The Morgan fingerprint density at radius 3 is 2.33 bits per heavy atom. The molecule has 216 valence electrons. The second-order valence-corrected chi connectivity index (χ2v) is 9.84. The third-order valence-corrected chi connectivity index (χ3v) is 7.06. The molecule has 8 nitrogen and oxygen atoms in total. The zero-order valence-electron chi connectivity index (χ0n) is 21.9. The van der Waals surface area contributed by atoms with Gasteiger partial charge in [-0.2, -0.15) is 8.78 Å². The highest BCUT2D eigenvalue weighted by molar-refractivity contribution is 5.94. The number of alkyl halides is 2. The molecule has 1 aliphatic rings.